The maximum atomic E-state index is 12.2. The maximum Gasteiger partial charge on any atom is 0.337 e. The van der Waals surface area contributed by atoms with Gasteiger partial charge in [0.1, 0.15) is 10.6 Å². The van der Waals surface area contributed by atoms with Crippen LogP contribution in [0, 0.1) is 0 Å². The van der Waals surface area contributed by atoms with Crippen molar-refractivity contribution in [2.45, 2.75) is 4.90 Å². The predicted molar refractivity (Wildman–Crippen MR) is 74.0 cm³/mol. The van der Waals surface area contributed by atoms with Gasteiger partial charge in [0, 0.05) is 19.3 Å². The van der Waals surface area contributed by atoms with Crippen LogP contribution in [0.3, 0.4) is 0 Å². The van der Waals surface area contributed by atoms with Crippen LogP contribution < -0.4 is 9.46 Å². The quantitative estimate of drug-likeness (QED) is 0.849. The van der Waals surface area contributed by atoms with Gasteiger partial charge in [-0.3, -0.25) is 9.40 Å². The van der Waals surface area contributed by atoms with E-state index in [2.05, 4.69) is 9.82 Å². The van der Waals surface area contributed by atoms with Crippen LogP contribution in [-0.2, 0) is 17.1 Å². The average Bonchev–Trinajstić information content (AvgIpc) is 2.85. The van der Waals surface area contributed by atoms with Gasteiger partial charge in [-0.2, -0.15) is 5.10 Å². The van der Waals surface area contributed by atoms with Gasteiger partial charge in [0.25, 0.3) is 10.0 Å². The van der Waals surface area contributed by atoms with Crippen LogP contribution >= 0.6 is 0 Å². The van der Waals surface area contributed by atoms with Crippen LogP contribution in [-0.4, -0.2) is 36.4 Å². The van der Waals surface area contributed by atoms with Gasteiger partial charge in [-0.25, -0.2) is 13.2 Å². The number of ether oxygens (including phenoxy) is 1. The fraction of sp³-hybridized carbons (Fsp3) is 0.167. The summed E-state index contributed by atoms with van der Waals surface area (Å²) in [5.74, 6) is -0.912. The second-order valence-electron chi connectivity index (χ2n) is 4.17. The third-order valence-electron chi connectivity index (χ3n) is 2.69. The molecule has 0 atom stereocenters. The minimum atomic E-state index is -3.93. The summed E-state index contributed by atoms with van der Waals surface area (Å²) in [5.41, 5.74) is -0.256. The van der Waals surface area contributed by atoms with Crippen molar-refractivity contribution in [1.29, 1.82) is 0 Å². The zero-order chi connectivity index (χ0) is 15.6. The summed E-state index contributed by atoms with van der Waals surface area (Å²) >= 11 is 0. The predicted octanol–water partition coefficient (Wildman–Crippen LogP) is 0.928. The first-order valence-corrected chi connectivity index (χ1v) is 7.24. The summed E-state index contributed by atoms with van der Waals surface area (Å²) in [5, 5.41) is 12.9. The monoisotopic (exact) mass is 311 g/mol. The van der Waals surface area contributed by atoms with E-state index in [0.29, 0.717) is 5.75 Å². The van der Waals surface area contributed by atoms with Gasteiger partial charge in [-0.15, -0.1) is 0 Å². The number of nitrogens with zero attached hydrogens (tertiary/aromatic N) is 2. The number of aromatic carboxylic acids is 1. The van der Waals surface area contributed by atoms with Crippen molar-refractivity contribution in [2.24, 2.45) is 7.05 Å². The highest BCUT2D eigenvalue weighted by atomic mass is 32.2. The fourth-order valence-electron chi connectivity index (χ4n) is 1.66. The van der Waals surface area contributed by atoms with Gasteiger partial charge in [-0.1, -0.05) is 0 Å². The van der Waals surface area contributed by atoms with Crippen molar-refractivity contribution in [3.8, 4) is 5.75 Å². The van der Waals surface area contributed by atoms with E-state index in [0.717, 1.165) is 0 Å². The number of carboxylic acids is 1. The Morgan fingerprint density at radius 2 is 2.14 bits per heavy atom. The Kier molecular flexibility index (Phi) is 3.85. The Hall–Kier alpha value is -2.55. The number of nitrogens with one attached hydrogen (secondary N) is 1. The number of aromatic nitrogens is 2. The molecule has 0 radical (unpaired) electrons. The molecule has 0 aliphatic carbocycles. The summed E-state index contributed by atoms with van der Waals surface area (Å²) < 4.78 is 32.9. The molecule has 2 rings (SSSR count). The fourth-order valence-corrected chi connectivity index (χ4v) is 2.72. The highest BCUT2D eigenvalue weighted by molar-refractivity contribution is 7.92. The van der Waals surface area contributed by atoms with Gasteiger partial charge in [0.2, 0.25) is 0 Å². The summed E-state index contributed by atoms with van der Waals surface area (Å²) in [6.07, 6.45) is 2.48. The molecule has 0 fully saturated rings. The molecular weight excluding hydrogens is 298 g/mol. The Balaban J connectivity index is 2.44. The normalized spacial score (nSPS) is 11.1. The van der Waals surface area contributed by atoms with E-state index in [4.69, 9.17) is 9.84 Å². The van der Waals surface area contributed by atoms with Crippen LogP contribution in [0.5, 0.6) is 5.75 Å². The Morgan fingerprint density at radius 3 is 2.67 bits per heavy atom. The summed E-state index contributed by atoms with van der Waals surface area (Å²) in [6.45, 7) is 0. The molecule has 2 N–H and O–H groups in total. The lowest BCUT2D eigenvalue weighted by Crippen LogP contribution is -2.15. The zero-order valence-corrected chi connectivity index (χ0v) is 12.1. The first-order valence-electron chi connectivity index (χ1n) is 5.76. The highest BCUT2D eigenvalue weighted by Gasteiger charge is 2.20. The topological polar surface area (TPSA) is 111 Å². The van der Waals surface area contributed by atoms with Crippen molar-refractivity contribution in [3.05, 3.63) is 36.2 Å². The van der Waals surface area contributed by atoms with Gasteiger partial charge in [0.15, 0.2) is 0 Å². The van der Waals surface area contributed by atoms with Crippen molar-refractivity contribution in [1.82, 2.24) is 9.78 Å². The molecule has 0 aliphatic heterocycles. The molecule has 21 heavy (non-hydrogen) atoms. The van der Waals surface area contributed by atoms with E-state index < -0.39 is 16.0 Å². The van der Waals surface area contributed by atoms with Crippen molar-refractivity contribution >= 4 is 21.7 Å². The largest absolute Gasteiger partial charge is 0.497 e. The van der Waals surface area contributed by atoms with Gasteiger partial charge < -0.3 is 9.84 Å². The van der Waals surface area contributed by atoms with Crippen LogP contribution in [0.2, 0.25) is 0 Å². The molecule has 0 aliphatic rings. The summed E-state index contributed by atoms with van der Waals surface area (Å²) in [6, 6.07) is 4.00. The van der Waals surface area contributed by atoms with E-state index in [1.807, 2.05) is 0 Å². The third-order valence-corrected chi connectivity index (χ3v) is 4.01. The molecule has 0 saturated heterocycles. The van der Waals surface area contributed by atoms with E-state index >= 15 is 0 Å². The van der Waals surface area contributed by atoms with Crippen LogP contribution in [0.15, 0.2) is 35.5 Å². The van der Waals surface area contributed by atoms with Crippen LogP contribution in [0.1, 0.15) is 10.4 Å². The molecule has 0 unspecified atom stereocenters. The molecule has 0 saturated carbocycles. The molecule has 112 valence electrons. The maximum absolute atomic E-state index is 12.2. The smallest absolute Gasteiger partial charge is 0.337 e. The van der Waals surface area contributed by atoms with Crippen molar-refractivity contribution < 1.29 is 23.1 Å². The number of methoxy groups -OCH3 is 1. The Bertz CT molecular complexity index is 782. The van der Waals surface area contributed by atoms with Crippen molar-refractivity contribution in [3.63, 3.8) is 0 Å². The number of anilines is 1. The SMILES string of the molecule is COc1ccc(C(=O)O)c(NS(=O)(=O)c2cnn(C)c2)c1. The number of aryl methyl sites for hydroxylation is 1. The minimum absolute atomic E-state index is 0.0656. The molecule has 9 heteroatoms. The second-order valence-corrected chi connectivity index (χ2v) is 5.85. The van der Waals surface area contributed by atoms with Crippen LogP contribution in [0.25, 0.3) is 0 Å². The van der Waals surface area contributed by atoms with Gasteiger partial charge in [0.05, 0.1) is 24.6 Å². The van der Waals surface area contributed by atoms with Gasteiger partial charge >= 0.3 is 5.97 Å². The number of hydrogen-bond acceptors (Lipinski definition) is 5. The average molecular weight is 311 g/mol. The molecule has 8 nitrogen and oxygen atoms in total. The number of carbonyl (C=O) groups is 1. The molecule has 0 bridgehead atoms. The first-order chi connectivity index (χ1) is 9.83. The van der Waals surface area contributed by atoms with E-state index in [9.17, 15) is 13.2 Å². The lowest BCUT2D eigenvalue weighted by atomic mass is 10.2. The molecule has 1 aromatic carbocycles. The second kappa shape index (κ2) is 5.44. The number of rotatable bonds is 5. The summed E-state index contributed by atoms with van der Waals surface area (Å²) in [7, 11) is -0.951. The minimum Gasteiger partial charge on any atom is -0.497 e. The third kappa shape index (κ3) is 3.14. The Morgan fingerprint density at radius 1 is 1.43 bits per heavy atom. The molecule has 1 heterocycles. The number of carboxylic acid groups (broad SMARTS) is 1. The first kappa shape index (κ1) is 14.9. The molecule has 0 amide bonds. The highest BCUT2D eigenvalue weighted by Crippen LogP contribution is 2.25. The van der Waals surface area contributed by atoms with Gasteiger partial charge in [-0.05, 0) is 12.1 Å². The van der Waals surface area contributed by atoms with Crippen LogP contribution in [0.4, 0.5) is 5.69 Å². The van der Waals surface area contributed by atoms with Crippen molar-refractivity contribution in [2.75, 3.05) is 11.8 Å². The Labute approximate surface area is 121 Å². The molecule has 1 aromatic heterocycles. The lowest BCUT2D eigenvalue weighted by Gasteiger charge is -2.10. The van der Waals surface area contributed by atoms with E-state index in [1.54, 1.807) is 7.05 Å². The lowest BCUT2D eigenvalue weighted by molar-refractivity contribution is 0.0698. The number of benzene rings is 1. The van der Waals surface area contributed by atoms with E-state index in [-0.39, 0.29) is 16.1 Å². The standard InChI is InChI=1S/C12H13N3O5S/c1-15-7-9(6-13-15)21(18,19)14-11-5-8(20-2)3-4-10(11)12(16)17/h3-7,14H,1-2H3,(H,16,17). The number of hydrogen-bond donors (Lipinski definition) is 2. The molecule has 0 spiro atoms. The zero-order valence-electron chi connectivity index (χ0n) is 11.3. The molecular formula is C12H13N3O5S. The summed E-state index contributed by atoms with van der Waals surface area (Å²) in [4.78, 5) is 11.1. The number of sulfonamides is 1. The molecule has 2 aromatic rings. The van der Waals surface area contributed by atoms with E-state index in [1.165, 1.54) is 42.4 Å².